The number of halogens is 1. The molecule has 0 aliphatic carbocycles. The number of carbonyl (C=O) groups excluding carboxylic acids is 3. The number of hydrogen-bond acceptors (Lipinski definition) is 4. The molecule has 0 radical (unpaired) electrons. The predicted octanol–water partition coefficient (Wildman–Crippen LogP) is 3.39. The molecule has 2 N–H and O–H groups in total. The van der Waals surface area contributed by atoms with Crippen molar-refractivity contribution in [1.82, 2.24) is 9.78 Å². The zero-order valence-corrected chi connectivity index (χ0v) is 19.5. The number of aryl methyl sites for hydroxylation is 1. The normalized spacial score (nSPS) is 15.9. The highest BCUT2D eigenvalue weighted by atomic mass is 19.1. The van der Waals surface area contributed by atoms with Gasteiger partial charge in [-0.05, 0) is 73.7 Å². The van der Waals surface area contributed by atoms with Gasteiger partial charge >= 0.3 is 0 Å². The summed E-state index contributed by atoms with van der Waals surface area (Å²) in [5.41, 5.74) is 9.07. The maximum atomic E-state index is 13.9. The Hall–Kier alpha value is -4.01. The number of amides is 3. The van der Waals surface area contributed by atoms with Gasteiger partial charge in [-0.25, -0.2) is 9.07 Å². The Morgan fingerprint density at radius 2 is 1.71 bits per heavy atom. The fraction of sp³-hybridized carbons (Fsp3) is 0.308. The molecule has 0 saturated carbocycles. The lowest BCUT2D eigenvalue weighted by Crippen LogP contribution is -2.39. The van der Waals surface area contributed by atoms with Crippen molar-refractivity contribution in [3.05, 3.63) is 70.8 Å². The second-order valence-corrected chi connectivity index (χ2v) is 8.80. The van der Waals surface area contributed by atoms with Crippen LogP contribution in [0.3, 0.4) is 0 Å². The van der Waals surface area contributed by atoms with Crippen LogP contribution in [0.4, 0.5) is 15.8 Å². The summed E-state index contributed by atoms with van der Waals surface area (Å²) < 4.78 is 15.3. The SMILES string of the molecule is CCc1cc(F)ccc1-n1nc(C(N)=O)c2c1C(=O)N(c1ccc(N3CCCCC3=O)cc1)CC2. The number of nitrogens with zero attached hydrogens (tertiary/aromatic N) is 4. The molecule has 0 atom stereocenters. The number of nitrogens with two attached hydrogens (primary N) is 1. The molecule has 8 nitrogen and oxygen atoms in total. The first kappa shape index (κ1) is 22.8. The van der Waals surface area contributed by atoms with E-state index in [0.29, 0.717) is 54.9 Å². The third-order valence-corrected chi connectivity index (χ3v) is 6.70. The first-order chi connectivity index (χ1) is 16.9. The molecule has 1 fully saturated rings. The molecule has 9 heteroatoms. The molecule has 3 aromatic rings. The molecule has 0 unspecified atom stereocenters. The van der Waals surface area contributed by atoms with Crippen molar-refractivity contribution in [2.75, 3.05) is 22.9 Å². The predicted molar refractivity (Wildman–Crippen MR) is 129 cm³/mol. The van der Waals surface area contributed by atoms with Crippen molar-refractivity contribution < 1.29 is 18.8 Å². The number of anilines is 2. The molecule has 180 valence electrons. The molecule has 3 amide bonds. The molecule has 2 aliphatic heterocycles. The highest BCUT2D eigenvalue weighted by Crippen LogP contribution is 2.31. The Balaban J connectivity index is 1.53. The lowest BCUT2D eigenvalue weighted by Gasteiger charge is -2.30. The highest BCUT2D eigenvalue weighted by molar-refractivity contribution is 6.09. The van der Waals surface area contributed by atoms with Crippen LogP contribution in [0.5, 0.6) is 0 Å². The van der Waals surface area contributed by atoms with E-state index in [1.54, 1.807) is 15.9 Å². The van der Waals surface area contributed by atoms with E-state index in [2.05, 4.69) is 5.10 Å². The minimum Gasteiger partial charge on any atom is -0.364 e. The van der Waals surface area contributed by atoms with Gasteiger partial charge in [0.2, 0.25) is 5.91 Å². The molecule has 0 spiro atoms. The fourth-order valence-electron chi connectivity index (χ4n) is 4.91. The number of aromatic nitrogens is 2. The van der Waals surface area contributed by atoms with E-state index >= 15 is 0 Å². The number of rotatable bonds is 5. The van der Waals surface area contributed by atoms with Crippen molar-refractivity contribution in [1.29, 1.82) is 0 Å². The Morgan fingerprint density at radius 3 is 2.37 bits per heavy atom. The number of hydrogen-bond donors (Lipinski definition) is 1. The number of primary amides is 1. The number of benzene rings is 2. The van der Waals surface area contributed by atoms with E-state index in [0.717, 1.165) is 18.5 Å². The van der Waals surface area contributed by atoms with E-state index in [1.807, 2.05) is 31.2 Å². The molecule has 5 rings (SSSR count). The Bertz CT molecular complexity index is 1330. The van der Waals surface area contributed by atoms with Crippen LogP contribution in [0.25, 0.3) is 5.69 Å². The molecular weight excluding hydrogens is 449 g/mol. The van der Waals surface area contributed by atoms with E-state index < -0.39 is 5.91 Å². The van der Waals surface area contributed by atoms with Crippen LogP contribution in [0, 0.1) is 5.82 Å². The first-order valence-electron chi connectivity index (χ1n) is 11.8. The molecule has 35 heavy (non-hydrogen) atoms. The van der Waals surface area contributed by atoms with Gasteiger partial charge in [-0.1, -0.05) is 6.92 Å². The van der Waals surface area contributed by atoms with Gasteiger partial charge in [0.25, 0.3) is 11.8 Å². The van der Waals surface area contributed by atoms with Crippen molar-refractivity contribution in [2.45, 2.75) is 39.0 Å². The smallest absolute Gasteiger partial charge is 0.277 e. The van der Waals surface area contributed by atoms with E-state index in [-0.39, 0.29) is 29.0 Å². The lowest BCUT2D eigenvalue weighted by atomic mass is 10.0. The zero-order valence-electron chi connectivity index (χ0n) is 19.5. The zero-order chi connectivity index (χ0) is 24.7. The maximum Gasteiger partial charge on any atom is 0.277 e. The number of fused-ring (bicyclic) bond motifs is 1. The van der Waals surface area contributed by atoms with Crippen LogP contribution >= 0.6 is 0 Å². The summed E-state index contributed by atoms with van der Waals surface area (Å²) in [6.45, 7) is 2.92. The summed E-state index contributed by atoms with van der Waals surface area (Å²) in [6.07, 6.45) is 3.34. The van der Waals surface area contributed by atoms with Gasteiger partial charge < -0.3 is 15.5 Å². The minimum absolute atomic E-state index is 0.0540. The lowest BCUT2D eigenvalue weighted by molar-refractivity contribution is -0.119. The summed E-state index contributed by atoms with van der Waals surface area (Å²) in [6, 6.07) is 11.6. The van der Waals surface area contributed by atoms with Crippen molar-refractivity contribution in [3.63, 3.8) is 0 Å². The monoisotopic (exact) mass is 475 g/mol. The van der Waals surface area contributed by atoms with Crippen molar-refractivity contribution in [2.24, 2.45) is 5.73 Å². The maximum absolute atomic E-state index is 13.9. The van der Waals surface area contributed by atoms with Gasteiger partial charge in [0, 0.05) is 36.4 Å². The molecule has 3 heterocycles. The summed E-state index contributed by atoms with van der Waals surface area (Å²) in [5, 5.41) is 4.39. The second kappa shape index (κ2) is 8.98. The Labute approximate surface area is 202 Å². The van der Waals surface area contributed by atoms with Crippen LogP contribution in [-0.4, -0.2) is 40.6 Å². The van der Waals surface area contributed by atoms with Crippen LogP contribution in [0.2, 0.25) is 0 Å². The molecule has 1 saturated heterocycles. The summed E-state index contributed by atoms with van der Waals surface area (Å²) >= 11 is 0. The third kappa shape index (κ3) is 3.96. The molecule has 0 bridgehead atoms. The Morgan fingerprint density at radius 1 is 1.00 bits per heavy atom. The van der Waals surface area contributed by atoms with Gasteiger partial charge in [0.15, 0.2) is 5.69 Å². The Kier molecular flexibility index (Phi) is 5.84. The number of carbonyl (C=O) groups is 3. The van der Waals surface area contributed by atoms with Crippen LogP contribution in [0.1, 0.15) is 58.3 Å². The molecule has 2 aromatic carbocycles. The van der Waals surface area contributed by atoms with Gasteiger partial charge in [0.05, 0.1) is 5.69 Å². The van der Waals surface area contributed by atoms with E-state index in [1.165, 1.54) is 16.8 Å². The topological polar surface area (TPSA) is 102 Å². The van der Waals surface area contributed by atoms with Gasteiger partial charge in [0.1, 0.15) is 11.5 Å². The average Bonchev–Trinajstić information content (AvgIpc) is 3.25. The van der Waals surface area contributed by atoms with Gasteiger partial charge in [-0.3, -0.25) is 14.4 Å². The van der Waals surface area contributed by atoms with Crippen molar-refractivity contribution in [3.8, 4) is 5.69 Å². The van der Waals surface area contributed by atoms with Crippen molar-refractivity contribution >= 4 is 29.1 Å². The van der Waals surface area contributed by atoms with Gasteiger partial charge in [-0.2, -0.15) is 5.10 Å². The third-order valence-electron chi connectivity index (χ3n) is 6.70. The van der Waals surface area contributed by atoms with Gasteiger partial charge in [-0.15, -0.1) is 0 Å². The van der Waals surface area contributed by atoms with Crippen LogP contribution in [-0.2, 0) is 17.6 Å². The van der Waals surface area contributed by atoms with E-state index in [9.17, 15) is 18.8 Å². The fourth-order valence-corrected chi connectivity index (χ4v) is 4.91. The van der Waals surface area contributed by atoms with Crippen LogP contribution < -0.4 is 15.5 Å². The molecular formula is C26H26FN5O3. The minimum atomic E-state index is -0.711. The standard InChI is InChI=1S/C26H26FN5O3/c1-2-16-15-17(27)6-11-21(16)32-24-20(23(29-32)25(28)34)12-14-31(26(24)35)19-9-7-18(8-10-19)30-13-4-3-5-22(30)33/h6-11,15H,2-5,12-14H2,1H3,(H2,28,34). The second-order valence-electron chi connectivity index (χ2n) is 8.80. The number of piperidine rings is 1. The first-order valence-corrected chi connectivity index (χ1v) is 11.8. The van der Waals surface area contributed by atoms with E-state index in [4.69, 9.17) is 5.73 Å². The molecule has 1 aromatic heterocycles. The highest BCUT2D eigenvalue weighted by Gasteiger charge is 2.35. The average molecular weight is 476 g/mol. The quantitative estimate of drug-likeness (QED) is 0.611. The summed E-state index contributed by atoms with van der Waals surface area (Å²) in [5.74, 6) is -1.31. The summed E-state index contributed by atoms with van der Waals surface area (Å²) in [4.78, 5) is 41.5. The molecule has 2 aliphatic rings. The largest absolute Gasteiger partial charge is 0.364 e. The summed E-state index contributed by atoms with van der Waals surface area (Å²) in [7, 11) is 0. The van der Waals surface area contributed by atoms with Crippen LogP contribution in [0.15, 0.2) is 42.5 Å².